The summed E-state index contributed by atoms with van der Waals surface area (Å²) in [6, 6.07) is 11.9. The minimum atomic E-state index is -3.52. The summed E-state index contributed by atoms with van der Waals surface area (Å²) in [5, 5.41) is 16.3. The van der Waals surface area contributed by atoms with Crippen molar-refractivity contribution in [2.24, 2.45) is 5.10 Å². The Kier molecular flexibility index (Phi) is 7.26. The van der Waals surface area contributed by atoms with Crippen molar-refractivity contribution in [3.63, 3.8) is 0 Å². The Morgan fingerprint density at radius 2 is 1.94 bits per heavy atom. The highest BCUT2D eigenvalue weighted by molar-refractivity contribution is 7.89. The monoisotopic (exact) mass is 486 g/mol. The Balaban J connectivity index is 1.47. The summed E-state index contributed by atoms with van der Waals surface area (Å²) in [5.41, 5.74) is 5.05. The van der Waals surface area contributed by atoms with E-state index >= 15 is 0 Å². The predicted molar refractivity (Wildman–Crippen MR) is 131 cm³/mol. The van der Waals surface area contributed by atoms with Gasteiger partial charge in [0, 0.05) is 24.0 Å². The molecule has 2 heterocycles. The molecule has 1 fully saturated rings. The summed E-state index contributed by atoms with van der Waals surface area (Å²) >= 11 is 1.37. The normalized spacial score (nSPS) is 15.4. The second-order valence-electron chi connectivity index (χ2n) is 7.69. The molecule has 1 aromatic heterocycles. The van der Waals surface area contributed by atoms with E-state index in [1.807, 2.05) is 11.4 Å². The number of benzene rings is 2. The standard InChI is InChI=1S/C23H26N4O4S2/c1-31-22-13-17(9-10-21(22)28)15-24-26-23-25-20(16-32-23)18-7-6-8-19(14-18)33(29,30)27-11-4-2-3-5-12-27/h6-10,13-16,28H,2-5,11-12H2,1H3,(H,25,26). The molecule has 0 atom stereocenters. The molecule has 0 radical (unpaired) electrons. The first-order chi connectivity index (χ1) is 16.0. The maximum Gasteiger partial charge on any atom is 0.243 e. The minimum absolute atomic E-state index is 0.0623. The van der Waals surface area contributed by atoms with E-state index in [1.54, 1.807) is 40.9 Å². The number of aromatic nitrogens is 1. The van der Waals surface area contributed by atoms with Crippen LogP contribution < -0.4 is 10.2 Å². The van der Waals surface area contributed by atoms with E-state index in [0.717, 1.165) is 36.8 Å². The maximum atomic E-state index is 13.1. The first-order valence-corrected chi connectivity index (χ1v) is 13.0. The number of ether oxygens (including phenoxy) is 1. The van der Waals surface area contributed by atoms with Crippen molar-refractivity contribution in [2.75, 3.05) is 25.6 Å². The van der Waals surface area contributed by atoms with Crippen LogP contribution in [0.5, 0.6) is 11.5 Å². The van der Waals surface area contributed by atoms with Gasteiger partial charge in [-0.05, 0) is 48.7 Å². The Morgan fingerprint density at radius 3 is 2.70 bits per heavy atom. The number of nitrogens with zero attached hydrogens (tertiary/aromatic N) is 3. The molecule has 0 unspecified atom stereocenters. The quantitative estimate of drug-likeness (QED) is 0.375. The molecule has 4 rings (SSSR count). The predicted octanol–water partition coefficient (Wildman–Crippen LogP) is 4.54. The Hall–Kier alpha value is -2.95. The lowest BCUT2D eigenvalue weighted by Gasteiger charge is -2.20. The molecule has 2 N–H and O–H groups in total. The topological polar surface area (TPSA) is 104 Å². The zero-order chi connectivity index (χ0) is 23.3. The van der Waals surface area contributed by atoms with Crippen LogP contribution in [0, 0.1) is 0 Å². The molecule has 1 saturated heterocycles. The van der Waals surface area contributed by atoms with Crippen molar-refractivity contribution in [2.45, 2.75) is 30.6 Å². The van der Waals surface area contributed by atoms with E-state index in [0.29, 0.717) is 34.6 Å². The van der Waals surface area contributed by atoms with Crippen LogP contribution in [-0.4, -0.2) is 49.2 Å². The molecular formula is C23H26N4O4S2. The van der Waals surface area contributed by atoms with Crippen LogP contribution >= 0.6 is 11.3 Å². The van der Waals surface area contributed by atoms with Gasteiger partial charge >= 0.3 is 0 Å². The lowest BCUT2D eigenvalue weighted by molar-refractivity contribution is 0.373. The van der Waals surface area contributed by atoms with E-state index in [9.17, 15) is 13.5 Å². The number of phenolic OH excluding ortho intramolecular Hbond substituents is 1. The SMILES string of the molecule is COc1cc(C=NNc2nc(-c3cccc(S(=O)(=O)N4CCCCCC4)c3)cs2)ccc1O. The van der Waals surface area contributed by atoms with Gasteiger partial charge in [0.05, 0.1) is 23.9 Å². The van der Waals surface area contributed by atoms with E-state index < -0.39 is 10.0 Å². The zero-order valence-corrected chi connectivity index (χ0v) is 19.9. The van der Waals surface area contributed by atoms with Crippen molar-refractivity contribution >= 4 is 32.7 Å². The van der Waals surface area contributed by atoms with E-state index in [2.05, 4.69) is 15.5 Å². The number of hydrazone groups is 1. The molecular weight excluding hydrogens is 460 g/mol. The average molecular weight is 487 g/mol. The largest absolute Gasteiger partial charge is 0.504 e. The molecule has 0 spiro atoms. The van der Waals surface area contributed by atoms with Crippen molar-refractivity contribution in [3.05, 3.63) is 53.4 Å². The highest BCUT2D eigenvalue weighted by atomic mass is 32.2. The van der Waals surface area contributed by atoms with Crippen LogP contribution in [0.15, 0.2) is 57.8 Å². The molecule has 3 aromatic rings. The number of hydrogen-bond donors (Lipinski definition) is 2. The first kappa shape index (κ1) is 23.2. The van der Waals surface area contributed by atoms with Gasteiger partial charge in [-0.3, -0.25) is 5.43 Å². The van der Waals surface area contributed by atoms with Gasteiger partial charge in [0.25, 0.3) is 0 Å². The zero-order valence-electron chi connectivity index (χ0n) is 18.3. The number of rotatable bonds is 7. The summed E-state index contributed by atoms with van der Waals surface area (Å²) in [6.45, 7) is 1.14. The van der Waals surface area contributed by atoms with Crippen LogP contribution in [0.3, 0.4) is 0 Å². The molecule has 33 heavy (non-hydrogen) atoms. The molecule has 2 aromatic carbocycles. The maximum absolute atomic E-state index is 13.1. The van der Waals surface area contributed by atoms with Crippen molar-refractivity contribution in [1.29, 1.82) is 0 Å². The molecule has 1 aliphatic rings. The third-order valence-corrected chi connectivity index (χ3v) is 8.06. The second kappa shape index (κ2) is 10.3. The van der Waals surface area contributed by atoms with E-state index in [4.69, 9.17) is 4.74 Å². The van der Waals surface area contributed by atoms with Crippen LogP contribution in [0.1, 0.15) is 31.2 Å². The smallest absolute Gasteiger partial charge is 0.243 e. The fourth-order valence-corrected chi connectivity index (χ4v) is 5.87. The van der Waals surface area contributed by atoms with Gasteiger partial charge in [-0.2, -0.15) is 9.41 Å². The lowest BCUT2D eigenvalue weighted by atomic mass is 10.2. The van der Waals surface area contributed by atoms with Gasteiger partial charge in [0.2, 0.25) is 15.2 Å². The van der Waals surface area contributed by atoms with Crippen LogP contribution in [0.25, 0.3) is 11.3 Å². The second-order valence-corrected chi connectivity index (χ2v) is 10.5. The number of sulfonamides is 1. The number of anilines is 1. The fraction of sp³-hybridized carbons (Fsp3) is 0.304. The number of methoxy groups -OCH3 is 1. The van der Waals surface area contributed by atoms with Gasteiger partial charge in [-0.15, -0.1) is 11.3 Å². The molecule has 0 aliphatic carbocycles. The summed E-state index contributed by atoms with van der Waals surface area (Å²) < 4.78 is 32.9. The number of nitrogens with one attached hydrogen (secondary N) is 1. The van der Waals surface area contributed by atoms with E-state index in [1.165, 1.54) is 24.5 Å². The van der Waals surface area contributed by atoms with Gasteiger partial charge in [0.15, 0.2) is 11.5 Å². The number of aromatic hydroxyl groups is 1. The third-order valence-electron chi connectivity index (χ3n) is 5.41. The average Bonchev–Trinajstić information content (AvgIpc) is 3.12. The third kappa shape index (κ3) is 5.52. The Bertz CT molecular complexity index is 1230. The molecule has 0 saturated carbocycles. The first-order valence-electron chi connectivity index (χ1n) is 10.7. The van der Waals surface area contributed by atoms with Crippen molar-refractivity contribution in [1.82, 2.24) is 9.29 Å². The van der Waals surface area contributed by atoms with Crippen molar-refractivity contribution in [3.8, 4) is 22.8 Å². The summed E-state index contributed by atoms with van der Waals surface area (Å²) in [6.07, 6.45) is 5.54. The van der Waals surface area contributed by atoms with Gasteiger partial charge in [0.1, 0.15) is 0 Å². The molecule has 8 nitrogen and oxygen atoms in total. The highest BCUT2D eigenvalue weighted by Gasteiger charge is 2.25. The van der Waals surface area contributed by atoms with Gasteiger partial charge in [-0.1, -0.05) is 25.0 Å². The van der Waals surface area contributed by atoms with Crippen LogP contribution in [-0.2, 0) is 10.0 Å². The minimum Gasteiger partial charge on any atom is -0.504 e. The molecule has 10 heteroatoms. The van der Waals surface area contributed by atoms with Gasteiger partial charge < -0.3 is 9.84 Å². The fourth-order valence-electron chi connectivity index (χ4n) is 3.64. The number of thiazole rings is 1. The Labute approximate surface area is 197 Å². The highest BCUT2D eigenvalue weighted by Crippen LogP contribution is 2.29. The Morgan fingerprint density at radius 1 is 1.15 bits per heavy atom. The molecule has 0 bridgehead atoms. The number of hydrogen-bond acceptors (Lipinski definition) is 8. The molecule has 174 valence electrons. The molecule has 1 aliphatic heterocycles. The lowest BCUT2D eigenvalue weighted by Crippen LogP contribution is -2.31. The van der Waals surface area contributed by atoms with Crippen LogP contribution in [0.4, 0.5) is 5.13 Å². The van der Waals surface area contributed by atoms with Crippen molar-refractivity contribution < 1.29 is 18.3 Å². The van der Waals surface area contributed by atoms with E-state index in [-0.39, 0.29) is 5.75 Å². The summed E-state index contributed by atoms with van der Waals surface area (Å²) in [4.78, 5) is 4.83. The summed E-state index contributed by atoms with van der Waals surface area (Å²) in [7, 11) is -2.04. The summed E-state index contributed by atoms with van der Waals surface area (Å²) in [5.74, 6) is 0.428. The van der Waals surface area contributed by atoms with Gasteiger partial charge in [-0.25, -0.2) is 13.4 Å². The number of phenols is 1. The molecule has 0 amide bonds. The van der Waals surface area contributed by atoms with Crippen LogP contribution in [0.2, 0.25) is 0 Å².